The molecule has 7 heteroatoms. The summed E-state index contributed by atoms with van der Waals surface area (Å²) in [4.78, 5) is 10.4. The zero-order chi connectivity index (χ0) is 19.8. The number of carboxylic acids is 1. The monoisotopic (exact) mass is 393 g/mol. The van der Waals surface area contributed by atoms with Gasteiger partial charge in [0.1, 0.15) is 0 Å². The van der Waals surface area contributed by atoms with Crippen LogP contribution in [0.3, 0.4) is 0 Å². The molecule has 0 saturated carbocycles. The smallest absolute Gasteiger partial charge is 0.303 e. The normalized spacial score (nSPS) is 13.2. The van der Waals surface area contributed by atoms with Crippen LogP contribution in [0.2, 0.25) is 0 Å². The van der Waals surface area contributed by atoms with E-state index < -0.39 is 16.0 Å². The van der Waals surface area contributed by atoms with E-state index >= 15 is 0 Å². The van der Waals surface area contributed by atoms with Gasteiger partial charge in [-0.15, -0.1) is 0 Å². The molecule has 0 aromatic rings. The molecule has 0 fully saturated rings. The summed E-state index contributed by atoms with van der Waals surface area (Å²) in [6, 6.07) is 0. The van der Waals surface area contributed by atoms with E-state index in [4.69, 9.17) is 5.11 Å². The first-order valence-corrected chi connectivity index (χ1v) is 12.0. The van der Waals surface area contributed by atoms with Crippen molar-refractivity contribution in [2.45, 2.75) is 96.5 Å². The van der Waals surface area contributed by atoms with Gasteiger partial charge in [0, 0.05) is 19.5 Å². The summed E-state index contributed by atoms with van der Waals surface area (Å²) in [5.41, 5.74) is 0. The van der Waals surface area contributed by atoms with Gasteiger partial charge in [0.05, 0.1) is 12.4 Å². The molecular formula is C19H39NO5S. The number of aliphatic carboxylic acids is 1. The predicted octanol–water partition coefficient (Wildman–Crippen LogP) is 3.78. The summed E-state index contributed by atoms with van der Waals surface area (Å²) in [6.45, 7) is 3.10. The number of nitrogens with zero attached hydrogens (tertiary/aromatic N) is 1. The lowest BCUT2D eigenvalue weighted by atomic mass is 10.0. The van der Waals surface area contributed by atoms with E-state index in [1.54, 1.807) is 0 Å². The summed E-state index contributed by atoms with van der Waals surface area (Å²) >= 11 is 0. The van der Waals surface area contributed by atoms with Gasteiger partial charge in [-0.3, -0.25) is 4.79 Å². The van der Waals surface area contributed by atoms with Crippen molar-refractivity contribution >= 4 is 16.0 Å². The maximum Gasteiger partial charge on any atom is 0.303 e. The average molecular weight is 394 g/mol. The van der Waals surface area contributed by atoms with Gasteiger partial charge < -0.3 is 10.2 Å². The van der Waals surface area contributed by atoms with Crippen molar-refractivity contribution in [2.24, 2.45) is 0 Å². The van der Waals surface area contributed by atoms with Crippen LogP contribution in [0.5, 0.6) is 0 Å². The fraction of sp³-hybridized carbons (Fsp3) is 0.947. The molecule has 6 nitrogen and oxygen atoms in total. The maximum absolute atomic E-state index is 11.9. The maximum atomic E-state index is 11.9. The molecule has 0 spiro atoms. The van der Waals surface area contributed by atoms with E-state index in [-0.39, 0.29) is 12.5 Å². The van der Waals surface area contributed by atoms with Gasteiger partial charge in [0.2, 0.25) is 10.0 Å². The molecule has 1 atom stereocenters. The van der Waals surface area contributed by atoms with Crippen molar-refractivity contribution < 1.29 is 23.4 Å². The molecule has 0 radical (unpaired) electrons. The second-order valence-electron chi connectivity index (χ2n) is 7.22. The minimum absolute atomic E-state index is 0.173. The van der Waals surface area contributed by atoms with E-state index in [1.165, 1.54) is 29.8 Å². The van der Waals surface area contributed by atoms with Gasteiger partial charge in [-0.1, -0.05) is 51.9 Å². The quantitative estimate of drug-likeness (QED) is 0.346. The fourth-order valence-electron chi connectivity index (χ4n) is 2.99. The molecular weight excluding hydrogens is 354 g/mol. The first-order valence-electron chi connectivity index (χ1n) is 10.1. The molecule has 0 aromatic carbocycles. The molecule has 0 aromatic heterocycles. The highest BCUT2D eigenvalue weighted by Crippen LogP contribution is 2.12. The Kier molecular flexibility index (Phi) is 15.0. The molecule has 156 valence electrons. The van der Waals surface area contributed by atoms with Crippen LogP contribution in [0.4, 0.5) is 0 Å². The third-order valence-corrected chi connectivity index (χ3v) is 5.91. The largest absolute Gasteiger partial charge is 0.481 e. The van der Waals surface area contributed by atoms with Crippen LogP contribution in [-0.4, -0.2) is 54.4 Å². The number of aliphatic hydroxyl groups excluding tert-OH is 1. The van der Waals surface area contributed by atoms with Crippen LogP contribution < -0.4 is 0 Å². The summed E-state index contributed by atoms with van der Waals surface area (Å²) in [6.07, 6.45) is 12.0. The number of aliphatic hydroxyl groups is 1. The summed E-state index contributed by atoms with van der Waals surface area (Å²) in [5, 5.41) is 18.6. The number of hydrogen-bond donors (Lipinski definition) is 2. The Hall–Kier alpha value is -0.660. The summed E-state index contributed by atoms with van der Waals surface area (Å²) < 4.78 is 25.2. The third-order valence-electron chi connectivity index (χ3n) is 4.60. The second kappa shape index (κ2) is 15.4. The predicted molar refractivity (Wildman–Crippen MR) is 106 cm³/mol. The fourth-order valence-corrected chi connectivity index (χ4v) is 3.91. The highest BCUT2D eigenvalue weighted by atomic mass is 32.2. The first kappa shape index (κ1) is 25.3. The zero-order valence-electron chi connectivity index (χ0n) is 16.7. The molecule has 1 unspecified atom stereocenters. The van der Waals surface area contributed by atoms with E-state index in [0.29, 0.717) is 32.4 Å². The van der Waals surface area contributed by atoms with Gasteiger partial charge in [-0.05, 0) is 32.1 Å². The number of carbonyl (C=O) groups is 1. The molecule has 0 heterocycles. The highest BCUT2D eigenvalue weighted by molar-refractivity contribution is 7.88. The molecule has 0 aliphatic heterocycles. The van der Waals surface area contributed by atoms with Crippen LogP contribution >= 0.6 is 0 Å². The van der Waals surface area contributed by atoms with E-state index in [1.807, 2.05) is 0 Å². The van der Waals surface area contributed by atoms with Crippen LogP contribution in [0.15, 0.2) is 0 Å². The van der Waals surface area contributed by atoms with Crippen molar-refractivity contribution in [1.82, 2.24) is 4.31 Å². The van der Waals surface area contributed by atoms with Crippen molar-refractivity contribution in [2.75, 3.05) is 19.3 Å². The van der Waals surface area contributed by atoms with Gasteiger partial charge in [0.25, 0.3) is 0 Å². The molecule has 0 rings (SSSR count). The Morgan fingerprint density at radius 1 is 0.885 bits per heavy atom. The highest BCUT2D eigenvalue weighted by Gasteiger charge is 2.16. The SMILES string of the molecule is CCCCCCCC(O)CCCN(CCCCCCC(=O)O)S(C)(=O)=O. The Bertz CT molecular complexity index is 453. The first-order chi connectivity index (χ1) is 12.3. The lowest BCUT2D eigenvalue weighted by Crippen LogP contribution is -2.32. The van der Waals surface area contributed by atoms with E-state index in [9.17, 15) is 18.3 Å². The minimum Gasteiger partial charge on any atom is -0.481 e. The Balaban J connectivity index is 3.92. The topological polar surface area (TPSA) is 94.9 Å². The van der Waals surface area contributed by atoms with Crippen molar-refractivity contribution in [3.63, 3.8) is 0 Å². The lowest BCUT2D eigenvalue weighted by Gasteiger charge is -2.20. The number of sulfonamides is 1. The molecule has 0 amide bonds. The second-order valence-corrected chi connectivity index (χ2v) is 9.20. The van der Waals surface area contributed by atoms with Gasteiger partial charge in [-0.2, -0.15) is 0 Å². The summed E-state index contributed by atoms with van der Waals surface area (Å²) in [7, 11) is -3.24. The van der Waals surface area contributed by atoms with E-state index in [2.05, 4.69) is 6.92 Å². The average Bonchev–Trinajstić information content (AvgIpc) is 2.54. The van der Waals surface area contributed by atoms with Crippen molar-refractivity contribution in [3.05, 3.63) is 0 Å². The Morgan fingerprint density at radius 3 is 2.04 bits per heavy atom. The molecule has 26 heavy (non-hydrogen) atoms. The molecule has 0 saturated heterocycles. The third kappa shape index (κ3) is 15.6. The Labute approximate surface area is 160 Å². The molecule has 0 bridgehead atoms. The van der Waals surface area contributed by atoms with Gasteiger partial charge >= 0.3 is 5.97 Å². The molecule has 0 aliphatic rings. The van der Waals surface area contributed by atoms with E-state index in [0.717, 1.165) is 38.5 Å². The molecule has 0 aliphatic carbocycles. The molecule has 2 N–H and O–H groups in total. The van der Waals surface area contributed by atoms with Gasteiger partial charge in [0.15, 0.2) is 0 Å². The Morgan fingerprint density at radius 2 is 1.42 bits per heavy atom. The van der Waals surface area contributed by atoms with Gasteiger partial charge in [-0.25, -0.2) is 12.7 Å². The van der Waals surface area contributed by atoms with Crippen LogP contribution in [0.1, 0.15) is 90.4 Å². The number of rotatable bonds is 18. The number of hydrogen-bond acceptors (Lipinski definition) is 4. The standard InChI is InChI=1S/C19H39NO5S/c1-3-4-5-6-9-13-18(21)14-12-17-20(26(2,24)25)16-11-8-7-10-15-19(22)23/h18,21H,3-17H2,1-2H3,(H,22,23). The summed E-state index contributed by atoms with van der Waals surface area (Å²) in [5.74, 6) is -0.785. The lowest BCUT2D eigenvalue weighted by molar-refractivity contribution is -0.137. The minimum atomic E-state index is -3.24. The van der Waals surface area contributed by atoms with Crippen molar-refractivity contribution in [3.8, 4) is 0 Å². The van der Waals surface area contributed by atoms with Crippen molar-refractivity contribution in [1.29, 1.82) is 0 Å². The van der Waals surface area contributed by atoms with Crippen LogP contribution in [0.25, 0.3) is 0 Å². The number of carboxylic acid groups (broad SMARTS) is 1. The zero-order valence-corrected chi connectivity index (χ0v) is 17.5. The van der Waals surface area contributed by atoms with Crippen LogP contribution in [-0.2, 0) is 14.8 Å². The number of unbranched alkanes of at least 4 members (excludes halogenated alkanes) is 7. The van der Waals surface area contributed by atoms with Crippen LogP contribution in [0, 0.1) is 0 Å².